The number of hydrogen-bond donors (Lipinski definition) is 0. The van der Waals surface area contributed by atoms with E-state index < -0.39 is 72.1 Å². The van der Waals surface area contributed by atoms with Gasteiger partial charge in [0.05, 0.1) is 43.0 Å². The van der Waals surface area contributed by atoms with Crippen molar-refractivity contribution in [3.63, 3.8) is 0 Å². The Morgan fingerprint density at radius 3 is 1.45 bits per heavy atom. The molecular formula is C31H46O13. The standard InChI is InChI=1S/C31H46O13/c1-19(37-3)12-40-26(32)22-8-4-6-10-24(22)28(34)43-17-31(2,30(36)42-16-21-14-39-21)18-44-29(35)25-11-7-5-9-23(25)27(33)41-15-20-13-38-20/h19-25H,4-18H2,1-3H3. The molecule has 0 aromatic rings. The number of hydrogen-bond acceptors (Lipinski definition) is 13. The van der Waals surface area contributed by atoms with E-state index in [-0.39, 0.29) is 38.1 Å². The highest BCUT2D eigenvalue weighted by Gasteiger charge is 2.44. The van der Waals surface area contributed by atoms with Crippen LogP contribution in [0, 0.1) is 29.1 Å². The Morgan fingerprint density at radius 2 is 1.05 bits per heavy atom. The molecule has 13 nitrogen and oxygen atoms in total. The SMILES string of the molecule is COC(C)COC(=O)C1CCCCC1C(=O)OCC(C)(COC(=O)C1CCCCC1C(=O)OCC1CO1)C(=O)OCC1CO1. The van der Waals surface area contributed by atoms with E-state index >= 15 is 0 Å². The van der Waals surface area contributed by atoms with Crippen molar-refractivity contribution < 1.29 is 61.9 Å². The van der Waals surface area contributed by atoms with Crippen LogP contribution in [0.1, 0.15) is 65.2 Å². The van der Waals surface area contributed by atoms with Gasteiger partial charge in [0.25, 0.3) is 0 Å². The van der Waals surface area contributed by atoms with Gasteiger partial charge in [0.1, 0.15) is 50.7 Å². The molecule has 2 saturated heterocycles. The molecule has 0 bridgehead atoms. The minimum absolute atomic E-state index is 0.0218. The summed E-state index contributed by atoms with van der Waals surface area (Å²) in [5, 5.41) is 0. The van der Waals surface area contributed by atoms with Crippen molar-refractivity contribution in [2.24, 2.45) is 29.1 Å². The average molecular weight is 627 g/mol. The fourth-order valence-corrected chi connectivity index (χ4v) is 5.55. The quantitative estimate of drug-likeness (QED) is 0.139. The lowest BCUT2D eigenvalue weighted by molar-refractivity contribution is -0.178. The minimum Gasteiger partial charge on any atom is -0.464 e. The van der Waals surface area contributed by atoms with Gasteiger partial charge in [-0.15, -0.1) is 0 Å². The number of rotatable bonds is 16. The van der Waals surface area contributed by atoms with Crippen LogP contribution in [0.3, 0.4) is 0 Å². The summed E-state index contributed by atoms with van der Waals surface area (Å²) in [7, 11) is 1.52. The predicted octanol–water partition coefficient (Wildman–Crippen LogP) is 2.15. The Morgan fingerprint density at radius 1 is 0.659 bits per heavy atom. The molecule has 2 aliphatic heterocycles. The highest BCUT2D eigenvalue weighted by Crippen LogP contribution is 2.35. The van der Waals surface area contributed by atoms with Gasteiger partial charge in [-0.05, 0) is 39.5 Å². The molecule has 4 aliphatic rings. The molecule has 13 heteroatoms. The van der Waals surface area contributed by atoms with E-state index in [0.29, 0.717) is 38.9 Å². The Bertz CT molecular complexity index is 1020. The maximum atomic E-state index is 13.3. The molecule has 0 radical (unpaired) electrons. The van der Waals surface area contributed by atoms with Crippen LogP contribution in [0.4, 0.5) is 0 Å². The lowest BCUT2D eigenvalue weighted by atomic mass is 9.79. The molecule has 0 N–H and O–H groups in total. The first kappa shape index (κ1) is 34.1. The lowest BCUT2D eigenvalue weighted by Crippen LogP contribution is -2.44. The van der Waals surface area contributed by atoms with Gasteiger partial charge in [0.2, 0.25) is 0 Å². The Kier molecular flexibility index (Phi) is 12.4. The van der Waals surface area contributed by atoms with E-state index in [9.17, 15) is 24.0 Å². The second-order valence-corrected chi connectivity index (χ2v) is 12.6. The second kappa shape index (κ2) is 16.0. The molecule has 44 heavy (non-hydrogen) atoms. The first-order chi connectivity index (χ1) is 21.1. The third kappa shape index (κ3) is 9.87. The molecule has 4 fully saturated rings. The normalized spacial score (nSPS) is 29.7. The van der Waals surface area contributed by atoms with E-state index in [1.165, 1.54) is 14.0 Å². The second-order valence-electron chi connectivity index (χ2n) is 12.6. The van der Waals surface area contributed by atoms with E-state index in [1.807, 2.05) is 0 Å². The topological polar surface area (TPSA) is 166 Å². The molecule has 4 rings (SSSR count). The Balaban J connectivity index is 1.36. The van der Waals surface area contributed by atoms with Crippen molar-refractivity contribution in [1.29, 1.82) is 0 Å². The molecule has 8 atom stereocenters. The lowest BCUT2D eigenvalue weighted by Gasteiger charge is -2.32. The molecule has 2 aliphatic carbocycles. The highest BCUT2D eigenvalue weighted by atomic mass is 16.6. The van der Waals surface area contributed by atoms with Gasteiger partial charge in [-0.3, -0.25) is 24.0 Å². The summed E-state index contributed by atoms with van der Waals surface area (Å²) in [6.45, 7) is 3.68. The summed E-state index contributed by atoms with van der Waals surface area (Å²) in [6.07, 6.45) is 4.37. The maximum absolute atomic E-state index is 13.3. The maximum Gasteiger partial charge on any atom is 0.318 e. The third-order valence-corrected chi connectivity index (χ3v) is 8.78. The number of carbonyl (C=O) groups is 5. The first-order valence-electron chi connectivity index (χ1n) is 15.7. The fraction of sp³-hybridized carbons (Fsp3) is 0.839. The van der Waals surface area contributed by atoms with Gasteiger partial charge >= 0.3 is 29.8 Å². The fourth-order valence-electron chi connectivity index (χ4n) is 5.55. The molecule has 2 saturated carbocycles. The largest absolute Gasteiger partial charge is 0.464 e. The van der Waals surface area contributed by atoms with Crippen molar-refractivity contribution in [3.8, 4) is 0 Å². The number of esters is 5. The first-order valence-corrected chi connectivity index (χ1v) is 15.7. The van der Waals surface area contributed by atoms with Crippen molar-refractivity contribution >= 4 is 29.8 Å². The minimum atomic E-state index is -1.53. The van der Waals surface area contributed by atoms with Crippen molar-refractivity contribution in [2.75, 3.05) is 53.4 Å². The number of methoxy groups -OCH3 is 1. The molecule has 0 aromatic carbocycles. The summed E-state index contributed by atoms with van der Waals surface area (Å²) >= 11 is 0. The van der Waals surface area contributed by atoms with Crippen LogP contribution >= 0.6 is 0 Å². The third-order valence-electron chi connectivity index (χ3n) is 8.78. The van der Waals surface area contributed by atoms with Crippen LogP contribution in [0.15, 0.2) is 0 Å². The molecule has 0 aromatic heterocycles. The van der Waals surface area contributed by atoms with Gasteiger partial charge in [-0.1, -0.05) is 25.7 Å². The highest BCUT2D eigenvalue weighted by molar-refractivity contribution is 5.84. The summed E-state index contributed by atoms with van der Waals surface area (Å²) in [4.78, 5) is 65.3. The van der Waals surface area contributed by atoms with Crippen molar-refractivity contribution in [3.05, 3.63) is 0 Å². The van der Waals surface area contributed by atoms with Crippen LogP contribution < -0.4 is 0 Å². The summed E-state index contributed by atoms with van der Waals surface area (Å²) in [5.74, 6) is -5.67. The van der Waals surface area contributed by atoms with Gasteiger partial charge in [-0.25, -0.2) is 0 Å². The molecule has 0 amide bonds. The van der Waals surface area contributed by atoms with Gasteiger partial charge in [0, 0.05) is 7.11 Å². The van der Waals surface area contributed by atoms with Crippen LogP contribution in [0.2, 0.25) is 0 Å². The zero-order valence-corrected chi connectivity index (χ0v) is 26.0. The van der Waals surface area contributed by atoms with E-state index in [4.69, 9.17) is 37.9 Å². The zero-order valence-electron chi connectivity index (χ0n) is 26.0. The summed E-state index contributed by atoms with van der Waals surface area (Å²) < 4.78 is 42.8. The summed E-state index contributed by atoms with van der Waals surface area (Å²) in [5.41, 5.74) is -1.53. The van der Waals surface area contributed by atoms with Crippen LogP contribution in [0.25, 0.3) is 0 Å². The van der Waals surface area contributed by atoms with Crippen molar-refractivity contribution in [2.45, 2.75) is 83.5 Å². The molecule has 8 unspecified atom stereocenters. The molecule has 248 valence electrons. The van der Waals surface area contributed by atoms with Crippen molar-refractivity contribution in [1.82, 2.24) is 0 Å². The average Bonchev–Trinajstić information content (AvgIpc) is 3.98. The van der Waals surface area contributed by atoms with E-state index in [1.54, 1.807) is 6.92 Å². The smallest absolute Gasteiger partial charge is 0.318 e. The van der Waals surface area contributed by atoms with Gasteiger partial charge < -0.3 is 37.9 Å². The predicted molar refractivity (Wildman–Crippen MR) is 150 cm³/mol. The van der Waals surface area contributed by atoms with Crippen LogP contribution in [-0.4, -0.2) is 102 Å². The Labute approximate surface area is 257 Å². The Hall–Kier alpha value is -2.77. The van der Waals surface area contributed by atoms with Crippen LogP contribution in [0.5, 0.6) is 0 Å². The van der Waals surface area contributed by atoms with Crippen LogP contribution in [-0.2, 0) is 61.9 Å². The molecule has 0 spiro atoms. The molecular weight excluding hydrogens is 580 g/mol. The zero-order chi connectivity index (χ0) is 31.7. The monoisotopic (exact) mass is 626 g/mol. The molecule has 2 heterocycles. The summed E-state index contributed by atoms with van der Waals surface area (Å²) in [6, 6.07) is 0. The van der Waals surface area contributed by atoms with E-state index in [0.717, 1.165) is 25.7 Å². The number of carbonyl (C=O) groups excluding carboxylic acids is 5. The number of ether oxygens (including phenoxy) is 8. The van der Waals surface area contributed by atoms with Gasteiger partial charge in [0.15, 0.2) is 0 Å². The number of epoxide rings is 2. The van der Waals surface area contributed by atoms with E-state index in [2.05, 4.69) is 0 Å². The van der Waals surface area contributed by atoms with Gasteiger partial charge in [-0.2, -0.15) is 0 Å².